The first kappa shape index (κ1) is 13.9. The number of hydrogen-bond acceptors (Lipinski definition) is 5. The van der Waals surface area contributed by atoms with Crippen molar-refractivity contribution in [3.8, 4) is 5.75 Å². The maximum absolute atomic E-state index is 10.9. The van der Waals surface area contributed by atoms with Gasteiger partial charge < -0.3 is 4.74 Å². The summed E-state index contributed by atoms with van der Waals surface area (Å²) in [4.78, 5) is 25.1. The third-order valence-corrected chi connectivity index (χ3v) is 2.12. The number of nitrogens with zero attached hydrogens (tertiary/aromatic N) is 2. The van der Waals surface area contributed by atoms with E-state index in [-0.39, 0.29) is 29.4 Å². The highest BCUT2D eigenvalue weighted by Gasteiger charge is 2.16. The van der Waals surface area contributed by atoms with E-state index < -0.39 is 10.9 Å². The molecule has 0 saturated carbocycles. The molecule has 0 saturated heterocycles. The zero-order chi connectivity index (χ0) is 12.4. The molecule has 7 heteroatoms. The molecule has 0 radical (unpaired) electrons. The van der Waals surface area contributed by atoms with Crippen LogP contribution in [0.15, 0.2) is 30.5 Å². The van der Waals surface area contributed by atoms with E-state index >= 15 is 0 Å². The van der Waals surface area contributed by atoms with Crippen LogP contribution in [0.4, 0.5) is 5.69 Å². The fraction of sp³-hybridized carbons (Fsp3) is 0.0909. The van der Waals surface area contributed by atoms with Gasteiger partial charge in [0.2, 0.25) is 0 Å². The molecule has 0 unspecified atom stereocenters. The molecular formula is C11H9ClN2O4. The number of hydrogen-bond donors (Lipinski definition) is 0. The Morgan fingerprint density at radius 2 is 2.17 bits per heavy atom. The molecule has 0 fully saturated rings. The normalized spacial score (nSPS) is 9.61. The summed E-state index contributed by atoms with van der Waals surface area (Å²) in [6.45, 7) is 1.24. The Hall–Kier alpha value is -2.21. The summed E-state index contributed by atoms with van der Waals surface area (Å²) in [5.41, 5.74) is 0.0905. The molecule has 0 aliphatic rings. The standard InChI is InChI=1S/C11H8N2O4.ClH/c1-7(14)17-9-5-8-3-2-4-12-11(8)10(6-9)13(15)16;/h2-6H,1H3;1H. The molecule has 0 bridgehead atoms. The van der Waals surface area contributed by atoms with Crippen LogP contribution >= 0.6 is 12.4 Å². The third-order valence-electron chi connectivity index (χ3n) is 2.12. The van der Waals surface area contributed by atoms with Crippen molar-refractivity contribution in [1.29, 1.82) is 0 Å². The minimum absolute atomic E-state index is 0. The molecule has 1 heterocycles. The minimum Gasteiger partial charge on any atom is -0.426 e. The van der Waals surface area contributed by atoms with Gasteiger partial charge in [0, 0.05) is 18.5 Å². The van der Waals surface area contributed by atoms with Crippen LogP contribution in [0.2, 0.25) is 0 Å². The molecule has 0 amide bonds. The van der Waals surface area contributed by atoms with Gasteiger partial charge >= 0.3 is 5.97 Å². The van der Waals surface area contributed by atoms with Crippen LogP contribution in [-0.2, 0) is 4.79 Å². The van der Waals surface area contributed by atoms with Gasteiger partial charge in [0.25, 0.3) is 5.69 Å². The van der Waals surface area contributed by atoms with Gasteiger partial charge in [-0.15, -0.1) is 12.4 Å². The Labute approximate surface area is 108 Å². The van der Waals surface area contributed by atoms with Gasteiger partial charge in [-0.05, 0) is 12.1 Å². The van der Waals surface area contributed by atoms with E-state index in [1.54, 1.807) is 12.1 Å². The predicted octanol–water partition coefficient (Wildman–Crippen LogP) is 2.49. The molecule has 18 heavy (non-hydrogen) atoms. The lowest BCUT2D eigenvalue weighted by Gasteiger charge is -2.03. The number of carbonyl (C=O) groups is 1. The van der Waals surface area contributed by atoms with Crippen molar-refractivity contribution in [1.82, 2.24) is 4.98 Å². The Kier molecular flexibility index (Phi) is 4.17. The highest BCUT2D eigenvalue weighted by molar-refractivity contribution is 5.89. The van der Waals surface area contributed by atoms with Gasteiger partial charge in [-0.2, -0.15) is 0 Å². The summed E-state index contributed by atoms with van der Waals surface area (Å²) < 4.78 is 4.84. The SMILES string of the molecule is CC(=O)Oc1cc([N+](=O)[O-])c2ncccc2c1.Cl. The molecular weight excluding hydrogens is 260 g/mol. The molecule has 0 aliphatic heterocycles. The average molecular weight is 269 g/mol. The molecule has 0 N–H and O–H groups in total. The first-order valence-electron chi connectivity index (χ1n) is 4.79. The third kappa shape index (κ3) is 2.72. The molecule has 1 aromatic carbocycles. The number of rotatable bonds is 2. The van der Waals surface area contributed by atoms with E-state index in [2.05, 4.69) is 4.98 Å². The second-order valence-corrected chi connectivity index (χ2v) is 3.37. The van der Waals surface area contributed by atoms with Gasteiger partial charge in [0.15, 0.2) is 0 Å². The smallest absolute Gasteiger partial charge is 0.308 e. The van der Waals surface area contributed by atoms with Crippen LogP contribution in [0.1, 0.15) is 6.92 Å². The number of aromatic nitrogens is 1. The van der Waals surface area contributed by atoms with Gasteiger partial charge in [-0.1, -0.05) is 6.07 Å². The maximum atomic E-state index is 10.9. The minimum atomic E-state index is -0.553. The van der Waals surface area contributed by atoms with E-state index in [9.17, 15) is 14.9 Å². The van der Waals surface area contributed by atoms with E-state index in [4.69, 9.17) is 4.74 Å². The second kappa shape index (κ2) is 5.42. The van der Waals surface area contributed by atoms with Crippen molar-refractivity contribution >= 4 is 35.0 Å². The van der Waals surface area contributed by atoms with Gasteiger partial charge in [0.1, 0.15) is 11.3 Å². The molecule has 0 spiro atoms. The van der Waals surface area contributed by atoms with Gasteiger partial charge in [-0.3, -0.25) is 14.9 Å². The number of pyridine rings is 1. The van der Waals surface area contributed by atoms with Crippen molar-refractivity contribution in [3.05, 3.63) is 40.6 Å². The van der Waals surface area contributed by atoms with Crippen molar-refractivity contribution in [3.63, 3.8) is 0 Å². The number of esters is 1. The second-order valence-electron chi connectivity index (χ2n) is 3.37. The maximum Gasteiger partial charge on any atom is 0.308 e. The molecule has 2 rings (SSSR count). The fourth-order valence-electron chi connectivity index (χ4n) is 1.51. The van der Waals surface area contributed by atoms with E-state index in [0.717, 1.165) is 0 Å². The van der Waals surface area contributed by atoms with E-state index in [0.29, 0.717) is 5.39 Å². The number of ether oxygens (including phenoxy) is 1. The van der Waals surface area contributed by atoms with E-state index in [1.807, 2.05) is 0 Å². The molecule has 0 atom stereocenters. The number of benzene rings is 1. The predicted molar refractivity (Wildman–Crippen MR) is 67.0 cm³/mol. The van der Waals surface area contributed by atoms with Crippen molar-refractivity contribution in [2.45, 2.75) is 6.92 Å². The van der Waals surface area contributed by atoms with Crippen LogP contribution < -0.4 is 4.74 Å². The molecule has 1 aromatic heterocycles. The zero-order valence-corrected chi connectivity index (χ0v) is 10.1. The summed E-state index contributed by atoms with van der Waals surface area (Å²) in [5.74, 6) is -0.382. The summed E-state index contributed by atoms with van der Waals surface area (Å²) in [6, 6.07) is 6.05. The Bertz CT molecular complexity index is 615. The van der Waals surface area contributed by atoms with Crippen molar-refractivity contribution in [2.24, 2.45) is 0 Å². The molecule has 6 nitrogen and oxygen atoms in total. The van der Waals surface area contributed by atoms with E-state index in [1.165, 1.54) is 25.3 Å². The van der Waals surface area contributed by atoms with Crippen LogP contribution in [-0.4, -0.2) is 15.9 Å². The Morgan fingerprint density at radius 3 is 2.78 bits per heavy atom. The number of non-ortho nitro benzene ring substituents is 1. The highest BCUT2D eigenvalue weighted by atomic mass is 35.5. The number of carbonyl (C=O) groups excluding carboxylic acids is 1. The zero-order valence-electron chi connectivity index (χ0n) is 9.32. The summed E-state index contributed by atoms with van der Waals surface area (Å²) >= 11 is 0. The number of nitro benzene ring substituents is 1. The number of fused-ring (bicyclic) bond motifs is 1. The molecule has 2 aromatic rings. The van der Waals surface area contributed by atoms with Gasteiger partial charge in [-0.25, -0.2) is 4.98 Å². The van der Waals surface area contributed by atoms with Crippen molar-refractivity contribution in [2.75, 3.05) is 0 Å². The monoisotopic (exact) mass is 268 g/mol. The lowest BCUT2D eigenvalue weighted by Crippen LogP contribution is -2.02. The lowest BCUT2D eigenvalue weighted by atomic mass is 10.2. The number of nitro groups is 1. The topological polar surface area (TPSA) is 82.3 Å². The lowest BCUT2D eigenvalue weighted by molar-refractivity contribution is -0.383. The van der Waals surface area contributed by atoms with Crippen molar-refractivity contribution < 1.29 is 14.5 Å². The first-order valence-corrected chi connectivity index (χ1v) is 4.79. The van der Waals surface area contributed by atoms with Crippen LogP contribution in [0.25, 0.3) is 10.9 Å². The highest BCUT2D eigenvalue weighted by Crippen LogP contribution is 2.29. The average Bonchev–Trinajstić information content (AvgIpc) is 2.27. The Morgan fingerprint density at radius 1 is 1.44 bits per heavy atom. The quantitative estimate of drug-likeness (QED) is 0.362. The van der Waals surface area contributed by atoms with Crippen LogP contribution in [0.3, 0.4) is 0 Å². The Balaban J connectivity index is 0.00000162. The first-order chi connectivity index (χ1) is 8.08. The fourth-order valence-corrected chi connectivity index (χ4v) is 1.51. The van der Waals surface area contributed by atoms with Gasteiger partial charge in [0.05, 0.1) is 11.0 Å². The summed E-state index contributed by atoms with van der Waals surface area (Å²) in [7, 11) is 0. The molecule has 0 aliphatic carbocycles. The van der Waals surface area contributed by atoms with Crippen LogP contribution in [0.5, 0.6) is 5.75 Å². The summed E-state index contributed by atoms with van der Waals surface area (Å²) in [6.07, 6.45) is 1.47. The largest absolute Gasteiger partial charge is 0.426 e. The van der Waals surface area contributed by atoms with Crippen LogP contribution in [0, 0.1) is 10.1 Å². The molecule has 94 valence electrons. The summed E-state index contributed by atoms with van der Waals surface area (Å²) in [5, 5.41) is 11.4. The number of halogens is 1.